The van der Waals surface area contributed by atoms with Gasteiger partial charge in [-0.05, 0) is 89.4 Å². The molecule has 3 rings (SSSR count). The number of nitrogens with one attached hydrogen (secondary N) is 2. The van der Waals surface area contributed by atoms with Crippen molar-refractivity contribution in [1.29, 1.82) is 0 Å². The van der Waals surface area contributed by atoms with Gasteiger partial charge in [-0.2, -0.15) is 0 Å². The highest BCUT2D eigenvalue weighted by Gasteiger charge is 2.27. The fourth-order valence-corrected chi connectivity index (χ4v) is 3.93. The maximum Gasteiger partial charge on any atom is 0.257 e. The highest BCUT2D eigenvalue weighted by molar-refractivity contribution is 6.04. The van der Waals surface area contributed by atoms with Crippen molar-refractivity contribution in [2.45, 2.75) is 59.5 Å². The Balaban J connectivity index is 1.60. The highest BCUT2D eigenvalue weighted by Crippen LogP contribution is 2.24. The normalized spacial score (nSPS) is 15.5. The van der Waals surface area contributed by atoms with Crippen LogP contribution in [0.15, 0.2) is 36.7 Å². The molecule has 0 aliphatic carbocycles. The van der Waals surface area contributed by atoms with Crippen molar-refractivity contribution in [3.63, 3.8) is 0 Å². The summed E-state index contributed by atoms with van der Waals surface area (Å²) in [4.78, 5) is 31.6. The molecule has 0 unspecified atom stereocenters. The average molecular weight is 423 g/mol. The zero-order valence-corrected chi connectivity index (χ0v) is 19.3. The summed E-state index contributed by atoms with van der Waals surface area (Å²) in [6.07, 6.45) is 5.07. The molecule has 0 atom stereocenters. The molecule has 166 valence electrons. The Morgan fingerprint density at radius 1 is 1.13 bits per heavy atom. The maximum atomic E-state index is 12.6. The van der Waals surface area contributed by atoms with Gasteiger partial charge >= 0.3 is 0 Å². The number of aromatic nitrogens is 1. The van der Waals surface area contributed by atoms with Crippen LogP contribution in [-0.2, 0) is 11.3 Å². The Morgan fingerprint density at radius 2 is 1.84 bits per heavy atom. The van der Waals surface area contributed by atoms with Crippen LogP contribution in [0.4, 0.5) is 5.69 Å². The number of rotatable bonds is 5. The van der Waals surface area contributed by atoms with Gasteiger partial charge in [0, 0.05) is 36.1 Å². The molecule has 1 aliphatic rings. The van der Waals surface area contributed by atoms with Gasteiger partial charge in [0.2, 0.25) is 5.91 Å². The van der Waals surface area contributed by atoms with E-state index in [0.29, 0.717) is 5.56 Å². The van der Waals surface area contributed by atoms with E-state index in [1.165, 1.54) is 5.56 Å². The first-order valence-electron chi connectivity index (χ1n) is 11.0. The van der Waals surface area contributed by atoms with Crippen LogP contribution in [0.2, 0.25) is 0 Å². The molecule has 1 aromatic carbocycles. The van der Waals surface area contributed by atoms with Crippen molar-refractivity contribution in [3.05, 3.63) is 58.9 Å². The van der Waals surface area contributed by atoms with E-state index >= 15 is 0 Å². The van der Waals surface area contributed by atoms with Crippen molar-refractivity contribution in [2.24, 2.45) is 5.92 Å². The standard InChI is InChI=1S/C25H34N4O2/c1-17-13-21(15-26-14-17)23(30)27-22-8-6-7-20(18(22)2)16-29-11-9-19(10-12-29)24(31)28-25(3,4)5/h6-8,13-15,19H,9-12,16H2,1-5H3,(H,27,30)(H,28,31). The molecule has 6 nitrogen and oxygen atoms in total. The summed E-state index contributed by atoms with van der Waals surface area (Å²) < 4.78 is 0. The van der Waals surface area contributed by atoms with Crippen LogP contribution >= 0.6 is 0 Å². The number of benzene rings is 1. The lowest BCUT2D eigenvalue weighted by Gasteiger charge is -2.33. The van der Waals surface area contributed by atoms with Crippen molar-refractivity contribution in [1.82, 2.24) is 15.2 Å². The fraction of sp³-hybridized carbons (Fsp3) is 0.480. The van der Waals surface area contributed by atoms with Crippen molar-refractivity contribution >= 4 is 17.5 Å². The minimum atomic E-state index is -0.190. The first-order chi connectivity index (χ1) is 14.6. The van der Waals surface area contributed by atoms with Gasteiger partial charge in [-0.25, -0.2) is 0 Å². The van der Waals surface area contributed by atoms with Gasteiger partial charge in [-0.1, -0.05) is 12.1 Å². The van der Waals surface area contributed by atoms with Gasteiger partial charge in [-0.3, -0.25) is 19.5 Å². The highest BCUT2D eigenvalue weighted by atomic mass is 16.2. The number of pyridine rings is 1. The Labute approximate surface area is 185 Å². The Morgan fingerprint density at radius 3 is 2.48 bits per heavy atom. The zero-order valence-electron chi connectivity index (χ0n) is 19.3. The van der Waals surface area contributed by atoms with Gasteiger partial charge in [-0.15, -0.1) is 0 Å². The molecule has 0 spiro atoms. The van der Waals surface area contributed by atoms with E-state index in [-0.39, 0.29) is 23.3 Å². The van der Waals surface area contributed by atoms with E-state index in [2.05, 4.69) is 26.6 Å². The molecule has 6 heteroatoms. The van der Waals surface area contributed by atoms with Crippen molar-refractivity contribution in [3.8, 4) is 0 Å². The average Bonchev–Trinajstić information content (AvgIpc) is 2.70. The molecular weight excluding hydrogens is 388 g/mol. The molecule has 0 saturated carbocycles. The first kappa shape index (κ1) is 22.9. The lowest BCUT2D eigenvalue weighted by Crippen LogP contribution is -2.46. The number of nitrogens with zero attached hydrogens (tertiary/aromatic N) is 2. The second kappa shape index (κ2) is 9.60. The summed E-state index contributed by atoms with van der Waals surface area (Å²) in [6.45, 7) is 12.6. The second-order valence-electron chi connectivity index (χ2n) is 9.58. The molecule has 1 saturated heterocycles. The molecule has 0 bridgehead atoms. The molecule has 2 amide bonds. The predicted octanol–water partition coefficient (Wildman–Crippen LogP) is 4.08. The minimum absolute atomic E-state index is 0.0881. The van der Waals surface area contributed by atoms with Gasteiger partial charge < -0.3 is 10.6 Å². The quantitative estimate of drug-likeness (QED) is 0.761. The monoisotopic (exact) mass is 422 g/mol. The topological polar surface area (TPSA) is 74.3 Å². The van der Waals surface area contributed by atoms with Crippen LogP contribution in [0.25, 0.3) is 0 Å². The molecule has 1 aliphatic heterocycles. The molecule has 2 heterocycles. The smallest absolute Gasteiger partial charge is 0.257 e. The Bertz CT molecular complexity index is 941. The number of hydrogen-bond acceptors (Lipinski definition) is 4. The van der Waals surface area contributed by atoms with Crippen LogP contribution in [0, 0.1) is 19.8 Å². The number of anilines is 1. The molecule has 0 radical (unpaired) electrons. The number of likely N-dealkylation sites (tertiary alicyclic amines) is 1. The third-order valence-corrected chi connectivity index (χ3v) is 5.68. The van der Waals surface area contributed by atoms with E-state index in [1.54, 1.807) is 12.4 Å². The minimum Gasteiger partial charge on any atom is -0.351 e. The molecule has 31 heavy (non-hydrogen) atoms. The molecular formula is C25H34N4O2. The summed E-state index contributed by atoms with van der Waals surface area (Å²) in [5, 5.41) is 6.13. The number of amides is 2. The number of hydrogen-bond donors (Lipinski definition) is 2. The molecule has 2 aromatic rings. The Hall–Kier alpha value is -2.73. The van der Waals surface area contributed by atoms with Crippen LogP contribution < -0.4 is 10.6 Å². The maximum absolute atomic E-state index is 12.6. The fourth-order valence-electron chi connectivity index (χ4n) is 3.93. The van der Waals surface area contributed by atoms with Gasteiger partial charge in [0.05, 0.1) is 5.56 Å². The number of carbonyl (C=O) groups excluding carboxylic acids is 2. The van der Waals surface area contributed by atoms with Crippen LogP contribution in [0.5, 0.6) is 0 Å². The number of aryl methyl sites for hydroxylation is 1. The summed E-state index contributed by atoms with van der Waals surface area (Å²) in [5.41, 5.74) is 4.41. The van der Waals surface area contributed by atoms with Crippen LogP contribution in [-0.4, -0.2) is 40.3 Å². The van der Waals surface area contributed by atoms with Crippen molar-refractivity contribution < 1.29 is 9.59 Å². The lowest BCUT2D eigenvalue weighted by atomic mass is 9.94. The molecule has 2 N–H and O–H groups in total. The van der Waals surface area contributed by atoms with E-state index in [1.807, 2.05) is 52.8 Å². The van der Waals surface area contributed by atoms with E-state index < -0.39 is 0 Å². The van der Waals surface area contributed by atoms with E-state index in [0.717, 1.165) is 49.3 Å². The lowest BCUT2D eigenvalue weighted by molar-refractivity contribution is -0.127. The SMILES string of the molecule is Cc1cncc(C(=O)Nc2cccc(CN3CCC(C(=O)NC(C)(C)C)CC3)c2C)c1. The first-order valence-corrected chi connectivity index (χ1v) is 11.0. The summed E-state index contributed by atoms with van der Waals surface area (Å²) in [6, 6.07) is 7.86. The predicted molar refractivity (Wildman–Crippen MR) is 124 cm³/mol. The van der Waals surface area contributed by atoms with E-state index in [9.17, 15) is 9.59 Å². The number of carbonyl (C=O) groups is 2. The van der Waals surface area contributed by atoms with Gasteiger partial charge in [0.15, 0.2) is 0 Å². The summed E-state index contributed by atoms with van der Waals surface area (Å²) in [5.74, 6) is 0.103. The number of piperidine rings is 1. The van der Waals surface area contributed by atoms with Gasteiger partial charge in [0.25, 0.3) is 5.91 Å². The largest absolute Gasteiger partial charge is 0.351 e. The Kier molecular flexibility index (Phi) is 7.11. The van der Waals surface area contributed by atoms with E-state index in [4.69, 9.17) is 0 Å². The van der Waals surface area contributed by atoms with Crippen molar-refractivity contribution in [2.75, 3.05) is 18.4 Å². The summed E-state index contributed by atoms with van der Waals surface area (Å²) >= 11 is 0. The zero-order chi connectivity index (χ0) is 22.6. The molecule has 1 aromatic heterocycles. The van der Waals surface area contributed by atoms with Crippen LogP contribution in [0.3, 0.4) is 0 Å². The third-order valence-electron chi connectivity index (χ3n) is 5.68. The molecule has 1 fully saturated rings. The third kappa shape index (κ3) is 6.37. The van der Waals surface area contributed by atoms with Crippen LogP contribution in [0.1, 0.15) is 60.7 Å². The second-order valence-corrected chi connectivity index (χ2v) is 9.58. The van der Waals surface area contributed by atoms with Gasteiger partial charge in [0.1, 0.15) is 0 Å². The summed E-state index contributed by atoms with van der Waals surface area (Å²) in [7, 11) is 0.